The number of furan rings is 1. The molecule has 2 aromatic rings. The highest BCUT2D eigenvalue weighted by atomic mass is 32.2. The number of rotatable bonds is 4. The van der Waals surface area contributed by atoms with Crippen LogP contribution in [0.2, 0.25) is 0 Å². The molecule has 0 aliphatic rings. The van der Waals surface area contributed by atoms with E-state index >= 15 is 0 Å². The van der Waals surface area contributed by atoms with E-state index in [1.54, 1.807) is 12.1 Å². The number of hydrogen-bond donors (Lipinski definition) is 0. The third kappa shape index (κ3) is 3.74. The molecule has 0 amide bonds. The van der Waals surface area contributed by atoms with Crippen molar-refractivity contribution >= 4 is 17.5 Å². The van der Waals surface area contributed by atoms with Crippen LogP contribution in [0.15, 0.2) is 52.0 Å². The first kappa shape index (κ1) is 13.9. The SMILES string of the molecule is CC(C)(C)c1ccc(SCC(=O)c2ccco2)cc1. The van der Waals surface area contributed by atoms with Crippen molar-refractivity contribution in [3.63, 3.8) is 0 Å². The second-order valence-electron chi connectivity index (χ2n) is 5.46. The van der Waals surface area contributed by atoms with Crippen molar-refractivity contribution in [1.29, 1.82) is 0 Å². The van der Waals surface area contributed by atoms with Gasteiger partial charge in [-0.05, 0) is 35.2 Å². The van der Waals surface area contributed by atoms with Crippen LogP contribution in [0.1, 0.15) is 36.9 Å². The molecule has 3 heteroatoms. The predicted molar refractivity (Wildman–Crippen MR) is 78.9 cm³/mol. The average Bonchev–Trinajstić information content (AvgIpc) is 2.89. The van der Waals surface area contributed by atoms with E-state index in [1.165, 1.54) is 23.6 Å². The summed E-state index contributed by atoms with van der Waals surface area (Å²) in [6, 6.07) is 11.8. The Morgan fingerprint density at radius 3 is 2.37 bits per heavy atom. The topological polar surface area (TPSA) is 30.2 Å². The molecule has 1 aromatic heterocycles. The molecular formula is C16H18O2S. The van der Waals surface area contributed by atoms with Gasteiger partial charge in [0.25, 0.3) is 0 Å². The fourth-order valence-corrected chi connectivity index (χ4v) is 2.48. The molecule has 1 aromatic carbocycles. The van der Waals surface area contributed by atoms with Crippen molar-refractivity contribution in [2.24, 2.45) is 0 Å². The van der Waals surface area contributed by atoms with E-state index in [0.29, 0.717) is 11.5 Å². The summed E-state index contributed by atoms with van der Waals surface area (Å²) in [5.41, 5.74) is 1.46. The predicted octanol–water partition coefficient (Wildman–Crippen LogP) is 4.55. The lowest BCUT2D eigenvalue weighted by Gasteiger charge is -2.18. The number of carbonyl (C=O) groups excluding carboxylic acids is 1. The van der Waals surface area contributed by atoms with Gasteiger partial charge in [0.05, 0.1) is 12.0 Å². The quantitative estimate of drug-likeness (QED) is 0.605. The van der Waals surface area contributed by atoms with E-state index in [0.717, 1.165) is 4.90 Å². The van der Waals surface area contributed by atoms with Crippen molar-refractivity contribution in [3.8, 4) is 0 Å². The minimum atomic E-state index is 0.0231. The summed E-state index contributed by atoms with van der Waals surface area (Å²) in [6.45, 7) is 6.57. The number of carbonyl (C=O) groups is 1. The van der Waals surface area contributed by atoms with Gasteiger partial charge in [-0.2, -0.15) is 0 Å². The van der Waals surface area contributed by atoms with Crippen molar-refractivity contribution in [1.82, 2.24) is 0 Å². The molecule has 0 saturated carbocycles. The highest BCUT2D eigenvalue weighted by molar-refractivity contribution is 8.00. The summed E-state index contributed by atoms with van der Waals surface area (Å²) in [7, 11) is 0. The first-order valence-electron chi connectivity index (χ1n) is 6.27. The first-order valence-corrected chi connectivity index (χ1v) is 7.25. The zero-order valence-electron chi connectivity index (χ0n) is 11.5. The molecular weight excluding hydrogens is 256 g/mol. The smallest absolute Gasteiger partial charge is 0.208 e. The summed E-state index contributed by atoms with van der Waals surface area (Å²) in [5.74, 6) is 0.858. The van der Waals surface area contributed by atoms with Gasteiger partial charge < -0.3 is 4.42 Å². The van der Waals surface area contributed by atoms with E-state index < -0.39 is 0 Å². The molecule has 2 nitrogen and oxygen atoms in total. The Balaban J connectivity index is 1.95. The second-order valence-corrected chi connectivity index (χ2v) is 6.51. The van der Waals surface area contributed by atoms with E-state index in [4.69, 9.17) is 4.42 Å². The summed E-state index contributed by atoms with van der Waals surface area (Å²) in [5, 5.41) is 0. The summed E-state index contributed by atoms with van der Waals surface area (Å²) in [6.07, 6.45) is 1.52. The normalized spacial score (nSPS) is 11.5. The summed E-state index contributed by atoms with van der Waals surface area (Å²) in [4.78, 5) is 12.9. The molecule has 0 N–H and O–H groups in total. The van der Waals surface area contributed by atoms with Crippen LogP contribution in [0.4, 0.5) is 0 Å². The largest absolute Gasteiger partial charge is 0.461 e. The van der Waals surface area contributed by atoms with Crippen LogP contribution in [0.25, 0.3) is 0 Å². The summed E-state index contributed by atoms with van der Waals surface area (Å²) < 4.78 is 5.08. The molecule has 0 bridgehead atoms. The van der Waals surface area contributed by atoms with Gasteiger partial charge in [-0.3, -0.25) is 4.79 Å². The minimum Gasteiger partial charge on any atom is -0.461 e. The highest BCUT2D eigenvalue weighted by Crippen LogP contribution is 2.26. The molecule has 0 unspecified atom stereocenters. The molecule has 1 heterocycles. The fraction of sp³-hybridized carbons (Fsp3) is 0.312. The molecule has 0 radical (unpaired) electrons. The Hall–Kier alpha value is -1.48. The van der Waals surface area contributed by atoms with Crippen LogP contribution < -0.4 is 0 Å². The van der Waals surface area contributed by atoms with E-state index in [1.807, 2.05) is 0 Å². The number of benzene rings is 1. The standard InChI is InChI=1S/C16H18O2S/c1-16(2,3)12-6-8-13(9-7-12)19-11-14(17)15-5-4-10-18-15/h4-10H,11H2,1-3H3. The molecule has 100 valence electrons. The van der Waals surface area contributed by atoms with Gasteiger partial charge in [0, 0.05) is 4.90 Å². The van der Waals surface area contributed by atoms with Gasteiger partial charge in [0.2, 0.25) is 5.78 Å². The summed E-state index contributed by atoms with van der Waals surface area (Å²) >= 11 is 1.54. The Bertz CT molecular complexity index is 533. The average molecular weight is 274 g/mol. The second kappa shape index (κ2) is 5.66. The van der Waals surface area contributed by atoms with E-state index in [9.17, 15) is 4.79 Å². The lowest BCUT2D eigenvalue weighted by Crippen LogP contribution is -2.10. The third-order valence-corrected chi connectivity index (χ3v) is 3.90. The molecule has 0 saturated heterocycles. The van der Waals surface area contributed by atoms with Crippen molar-refractivity contribution in [3.05, 3.63) is 54.0 Å². The van der Waals surface area contributed by atoms with Crippen LogP contribution in [0, 0.1) is 0 Å². The van der Waals surface area contributed by atoms with Crippen LogP contribution in [0.5, 0.6) is 0 Å². The first-order chi connectivity index (χ1) is 8.97. The molecule has 0 atom stereocenters. The number of thioether (sulfide) groups is 1. The van der Waals surface area contributed by atoms with Crippen LogP contribution >= 0.6 is 11.8 Å². The molecule has 0 spiro atoms. The molecule has 0 fully saturated rings. The maximum atomic E-state index is 11.8. The van der Waals surface area contributed by atoms with Gasteiger partial charge in [-0.1, -0.05) is 32.9 Å². The van der Waals surface area contributed by atoms with Crippen LogP contribution in [-0.2, 0) is 5.41 Å². The number of ketones is 1. The zero-order chi connectivity index (χ0) is 13.9. The molecule has 0 aliphatic heterocycles. The Kier molecular flexibility index (Phi) is 4.15. The van der Waals surface area contributed by atoms with E-state index in [2.05, 4.69) is 45.0 Å². The highest BCUT2D eigenvalue weighted by Gasteiger charge is 2.13. The maximum absolute atomic E-state index is 11.8. The maximum Gasteiger partial charge on any atom is 0.208 e. The van der Waals surface area contributed by atoms with Crippen molar-refractivity contribution in [2.75, 3.05) is 5.75 Å². The molecule has 2 rings (SSSR count). The number of Topliss-reactive ketones (excluding diaryl/α,β-unsaturated/α-hetero) is 1. The van der Waals surface area contributed by atoms with Gasteiger partial charge in [-0.15, -0.1) is 11.8 Å². The zero-order valence-corrected chi connectivity index (χ0v) is 12.3. The lowest BCUT2D eigenvalue weighted by atomic mass is 9.87. The minimum absolute atomic E-state index is 0.0231. The van der Waals surface area contributed by atoms with Gasteiger partial charge in [0.1, 0.15) is 0 Å². The fourth-order valence-electron chi connectivity index (χ4n) is 1.71. The van der Waals surface area contributed by atoms with E-state index in [-0.39, 0.29) is 11.2 Å². The van der Waals surface area contributed by atoms with Crippen molar-refractivity contribution < 1.29 is 9.21 Å². The Morgan fingerprint density at radius 2 is 1.84 bits per heavy atom. The van der Waals surface area contributed by atoms with Gasteiger partial charge in [-0.25, -0.2) is 0 Å². The van der Waals surface area contributed by atoms with Crippen molar-refractivity contribution in [2.45, 2.75) is 31.1 Å². The third-order valence-electron chi connectivity index (χ3n) is 2.89. The molecule has 0 aliphatic carbocycles. The van der Waals surface area contributed by atoms with Gasteiger partial charge in [0.15, 0.2) is 5.76 Å². The Morgan fingerprint density at radius 1 is 1.16 bits per heavy atom. The van der Waals surface area contributed by atoms with Gasteiger partial charge >= 0.3 is 0 Å². The van der Waals surface area contributed by atoms with Crippen LogP contribution in [-0.4, -0.2) is 11.5 Å². The Labute approximate surface area is 118 Å². The number of hydrogen-bond acceptors (Lipinski definition) is 3. The monoisotopic (exact) mass is 274 g/mol. The lowest BCUT2D eigenvalue weighted by molar-refractivity contribution is 0.0992. The van der Waals surface area contributed by atoms with Crippen LogP contribution in [0.3, 0.4) is 0 Å². The molecule has 19 heavy (non-hydrogen) atoms.